The van der Waals surface area contributed by atoms with E-state index in [1.165, 1.54) is 43.4 Å². The van der Waals surface area contributed by atoms with E-state index in [0.717, 1.165) is 9.87 Å². The Hall–Kier alpha value is -4.25. The Morgan fingerprint density at radius 2 is 1.46 bits per heavy atom. The fourth-order valence-electron chi connectivity index (χ4n) is 4.91. The number of hydrogen-bond donors (Lipinski definition) is 1. The smallest absolute Gasteiger partial charge is 0.264 e. The molecule has 0 saturated carbocycles. The molecule has 0 bridgehead atoms. The van der Waals surface area contributed by atoms with Gasteiger partial charge in [0.1, 0.15) is 12.6 Å². The number of sulfonamides is 1. The second-order valence-corrected chi connectivity index (χ2v) is 12.9. The molecule has 2 amide bonds. The molecule has 242 valence electrons. The monoisotopic (exact) mass is 683 g/mol. The Bertz CT molecular complexity index is 1760. The molecule has 0 aliphatic rings. The molecular formula is C34H35Cl2N3O6S. The first-order valence-corrected chi connectivity index (χ1v) is 16.6. The quantitative estimate of drug-likeness (QED) is 0.175. The maximum Gasteiger partial charge on any atom is 0.264 e. The normalized spacial score (nSPS) is 11.8. The zero-order chi connectivity index (χ0) is 33.3. The van der Waals surface area contributed by atoms with Crippen LogP contribution in [0.3, 0.4) is 0 Å². The lowest BCUT2D eigenvalue weighted by atomic mass is 10.0. The highest BCUT2D eigenvalue weighted by Crippen LogP contribution is 2.34. The molecule has 46 heavy (non-hydrogen) atoms. The Kier molecular flexibility index (Phi) is 11.9. The molecule has 0 heterocycles. The number of nitrogens with zero attached hydrogens (tertiary/aromatic N) is 2. The molecular weight excluding hydrogens is 649 g/mol. The second-order valence-electron chi connectivity index (χ2n) is 10.2. The number of nitrogens with one attached hydrogen (secondary N) is 1. The predicted octanol–water partition coefficient (Wildman–Crippen LogP) is 5.98. The summed E-state index contributed by atoms with van der Waals surface area (Å²) in [5, 5.41) is 3.45. The van der Waals surface area contributed by atoms with Crippen molar-refractivity contribution in [2.75, 3.05) is 31.6 Å². The molecule has 0 spiro atoms. The van der Waals surface area contributed by atoms with Crippen molar-refractivity contribution >= 4 is 50.7 Å². The fourth-order valence-corrected chi connectivity index (χ4v) is 6.66. The molecule has 0 fully saturated rings. The number of methoxy groups -OCH3 is 2. The number of likely N-dealkylation sites (N-methyl/N-ethyl adjacent to an activating group) is 1. The van der Waals surface area contributed by atoms with Crippen molar-refractivity contribution in [3.8, 4) is 11.5 Å². The molecule has 12 heteroatoms. The molecule has 4 aromatic rings. The Labute approximate surface area is 279 Å². The lowest BCUT2D eigenvalue weighted by Crippen LogP contribution is -2.53. The topological polar surface area (TPSA) is 105 Å². The minimum atomic E-state index is -4.28. The molecule has 0 saturated heterocycles. The maximum atomic E-state index is 14.5. The van der Waals surface area contributed by atoms with E-state index >= 15 is 0 Å². The van der Waals surface area contributed by atoms with Crippen LogP contribution < -0.4 is 19.1 Å². The van der Waals surface area contributed by atoms with Gasteiger partial charge in [0.05, 0.1) is 34.8 Å². The SMILES string of the molecule is CCNC(=O)C(Cc1ccccc1)N(Cc1ccc(Cl)c(Cl)c1)C(=O)CN(c1ccc(OC)c(OC)c1)S(=O)(=O)c1ccccc1. The van der Waals surface area contributed by atoms with E-state index in [4.69, 9.17) is 32.7 Å². The van der Waals surface area contributed by atoms with Crippen LogP contribution in [-0.2, 0) is 32.6 Å². The number of carbonyl (C=O) groups excluding carboxylic acids is 2. The van der Waals surface area contributed by atoms with E-state index in [1.807, 2.05) is 30.3 Å². The van der Waals surface area contributed by atoms with E-state index < -0.39 is 28.5 Å². The lowest BCUT2D eigenvalue weighted by Gasteiger charge is -2.34. The first kappa shape index (κ1) is 34.6. The summed E-state index contributed by atoms with van der Waals surface area (Å²) in [7, 11) is -1.38. The van der Waals surface area contributed by atoms with Gasteiger partial charge in [-0.05, 0) is 54.4 Å². The van der Waals surface area contributed by atoms with Crippen molar-refractivity contribution in [1.29, 1.82) is 0 Å². The largest absolute Gasteiger partial charge is 0.493 e. The van der Waals surface area contributed by atoms with Crippen LogP contribution >= 0.6 is 23.2 Å². The van der Waals surface area contributed by atoms with E-state index in [2.05, 4.69) is 5.32 Å². The molecule has 0 aromatic heterocycles. The third-order valence-electron chi connectivity index (χ3n) is 7.22. The van der Waals surface area contributed by atoms with Gasteiger partial charge in [-0.3, -0.25) is 13.9 Å². The number of rotatable bonds is 14. The highest BCUT2D eigenvalue weighted by molar-refractivity contribution is 7.92. The van der Waals surface area contributed by atoms with E-state index in [0.29, 0.717) is 22.9 Å². The van der Waals surface area contributed by atoms with Gasteiger partial charge in [-0.1, -0.05) is 77.8 Å². The van der Waals surface area contributed by atoms with E-state index in [-0.39, 0.29) is 40.2 Å². The standard InChI is InChI=1S/C34H35Cl2N3O6S/c1-4-37-34(41)30(20-24-11-7-5-8-12-24)38(22-25-15-17-28(35)29(36)19-25)33(40)23-39(46(42,43)27-13-9-6-10-14-27)26-16-18-31(44-2)32(21-26)45-3/h5-19,21,30H,4,20,22-23H2,1-3H3,(H,37,41). The number of amides is 2. The number of hydrogen-bond acceptors (Lipinski definition) is 6. The van der Waals surface area contributed by atoms with Crippen molar-refractivity contribution in [1.82, 2.24) is 10.2 Å². The number of anilines is 1. The fraction of sp³-hybridized carbons (Fsp3) is 0.235. The molecule has 9 nitrogen and oxygen atoms in total. The van der Waals surface area contributed by atoms with Gasteiger partial charge in [-0.2, -0.15) is 0 Å². The summed E-state index contributed by atoms with van der Waals surface area (Å²) in [4.78, 5) is 29.5. The molecule has 0 aliphatic carbocycles. The van der Waals surface area contributed by atoms with E-state index in [1.54, 1.807) is 49.4 Å². The minimum Gasteiger partial charge on any atom is -0.493 e. The van der Waals surface area contributed by atoms with Crippen LogP contribution in [0.5, 0.6) is 11.5 Å². The van der Waals surface area contributed by atoms with Crippen LogP contribution in [0.4, 0.5) is 5.69 Å². The molecule has 1 unspecified atom stereocenters. The van der Waals surface area contributed by atoms with Crippen molar-refractivity contribution < 1.29 is 27.5 Å². The van der Waals surface area contributed by atoms with Crippen molar-refractivity contribution in [3.05, 3.63) is 118 Å². The van der Waals surface area contributed by atoms with Crippen LogP contribution in [0.25, 0.3) is 0 Å². The van der Waals surface area contributed by atoms with E-state index in [9.17, 15) is 18.0 Å². The van der Waals surface area contributed by atoms with Gasteiger partial charge in [-0.15, -0.1) is 0 Å². The van der Waals surface area contributed by atoms with Crippen LogP contribution in [-0.4, -0.2) is 58.5 Å². The van der Waals surface area contributed by atoms with Crippen molar-refractivity contribution in [3.63, 3.8) is 0 Å². The van der Waals surface area contributed by atoms with Crippen molar-refractivity contribution in [2.45, 2.75) is 30.8 Å². The summed E-state index contributed by atoms with van der Waals surface area (Å²) in [5.41, 5.74) is 1.59. The Morgan fingerprint density at radius 1 is 0.804 bits per heavy atom. The van der Waals surface area contributed by atoms with Gasteiger partial charge < -0.3 is 19.7 Å². The van der Waals surface area contributed by atoms with Gasteiger partial charge in [0.25, 0.3) is 10.0 Å². The summed E-state index contributed by atoms with van der Waals surface area (Å²) in [6, 6.07) is 25.6. The maximum absolute atomic E-state index is 14.5. The zero-order valence-electron chi connectivity index (χ0n) is 25.7. The van der Waals surface area contributed by atoms with Crippen LogP contribution in [0.2, 0.25) is 10.0 Å². The molecule has 0 radical (unpaired) electrons. The molecule has 1 atom stereocenters. The highest BCUT2D eigenvalue weighted by Gasteiger charge is 2.35. The summed E-state index contributed by atoms with van der Waals surface area (Å²) in [6.45, 7) is 1.45. The predicted molar refractivity (Wildman–Crippen MR) is 180 cm³/mol. The number of ether oxygens (including phenoxy) is 2. The van der Waals surface area contributed by atoms with Crippen LogP contribution in [0.15, 0.2) is 102 Å². The van der Waals surface area contributed by atoms with Gasteiger partial charge in [0.2, 0.25) is 11.8 Å². The minimum absolute atomic E-state index is 0.0156. The van der Waals surface area contributed by atoms with Gasteiger partial charge in [0.15, 0.2) is 11.5 Å². The first-order chi connectivity index (χ1) is 22.1. The average molecular weight is 685 g/mol. The van der Waals surface area contributed by atoms with Gasteiger partial charge in [-0.25, -0.2) is 8.42 Å². The van der Waals surface area contributed by atoms with Gasteiger partial charge in [0, 0.05) is 25.6 Å². The molecule has 4 rings (SSSR count). The third kappa shape index (κ3) is 8.31. The lowest BCUT2D eigenvalue weighted by molar-refractivity contribution is -0.140. The van der Waals surface area contributed by atoms with Crippen LogP contribution in [0.1, 0.15) is 18.1 Å². The second kappa shape index (κ2) is 15.8. The zero-order valence-corrected chi connectivity index (χ0v) is 28.0. The number of benzene rings is 4. The number of halogens is 2. The molecule has 1 N–H and O–H groups in total. The van der Waals surface area contributed by atoms with Gasteiger partial charge >= 0.3 is 0 Å². The Morgan fingerprint density at radius 3 is 2.07 bits per heavy atom. The molecule has 0 aliphatic heterocycles. The summed E-state index contributed by atoms with van der Waals surface area (Å²) in [6.07, 6.45) is 0.182. The summed E-state index contributed by atoms with van der Waals surface area (Å²) in [5.74, 6) is -0.344. The van der Waals surface area contributed by atoms with Crippen molar-refractivity contribution in [2.24, 2.45) is 0 Å². The summed E-state index contributed by atoms with van der Waals surface area (Å²) < 4.78 is 40.1. The highest BCUT2D eigenvalue weighted by atomic mass is 35.5. The Balaban J connectivity index is 1.84. The average Bonchev–Trinajstić information content (AvgIpc) is 3.07. The first-order valence-electron chi connectivity index (χ1n) is 14.4. The number of carbonyl (C=O) groups is 2. The third-order valence-corrected chi connectivity index (χ3v) is 9.75. The van der Waals surface area contributed by atoms with Crippen LogP contribution in [0, 0.1) is 0 Å². The summed E-state index contributed by atoms with van der Waals surface area (Å²) >= 11 is 12.5. The molecule has 4 aromatic carbocycles.